The third-order valence-electron chi connectivity index (χ3n) is 6.55. The summed E-state index contributed by atoms with van der Waals surface area (Å²) >= 11 is 0. The maximum absolute atomic E-state index is 2.45. The maximum Gasteiger partial charge on any atom is -0.0352 e. The van der Waals surface area contributed by atoms with Crippen LogP contribution in [0, 0.1) is 29.6 Å². The van der Waals surface area contributed by atoms with E-state index in [0.717, 1.165) is 29.6 Å². The van der Waals surface area contributed by atoms with Crippen LogP contribution in [0.15, 0.2) is 0 Å². The molecular weight excluding hydrogens is 228 g/mol. The summed E-state index contributed by atoms with van der Waals surface area (Å²) in [4.78, 5) is 0. The van der Waals surface area contributed by atoms with Gasteiger partial charge >= 0.3 is 0 Å². The van der Waals surface area contributed by atoms with E-state index in [0.29, 0.717) is 0 Å². The Morgan fingerprint density at radius 1 is 0.632 bits per heavy atom. The molecule has 0 spiro atoms. The number of fused-ring (bicyclic) bond motifs is 1. The predicted molar refractivity (Wildman–Crippen MR) is 85.3 cm³/mol. The smallest absolute Gasteiger partial charge is 0.0352 e. The lowest BCUT2D eigenvalue weighted by atomic mass is 9.62. The molecule has 2 rings (SSSR count). The first-order valence-corrected chi connectivity index (χ1v) is 9.30. The Bertz CT molecular complexity index is 244. The highest BCUT2D eigenvalue weighted by atomic mass is 14.4. The fraction of sp³-hybridized carbons (Fsp3) is 1.00. The highest BCUT2D eigenvalue weighted by Crippen LogP contribution is 2.47. The number of rotatable bonds is 3. The van der Waals surface area contributed by atoms with Crippen molar-refractivity contribution in [2.45, 2.75) is 91.4 Å². The molecular formula is C19H36. The van der Waals surface area contributed by atoms with Crippen LogP contribution in [0.25, 0.3) is 0 Å². The van der Waals surface area contributed by atoms with E-state index in [-0.39, 0.29) is 0 Å². The van der Waals surface area contributed by atoms with Crippen molar-refractivity contribution in [1.29, 1.82) is 0 Å². The molecule has 2 aliphatic rings. The van der Waals surface area contributed by atoms with Crippen LogP contribution in [0.5, 0.6) is 0 Å². The normalized spacial score (nSPS) is 40.9. The predicted octanol–water partition coefficient (Wildman–Crippen LogP) is 6.45. The van der Waals surface area contributed by atoms with Gasteiger partial charge in [0.05, 0.1) is 0 Å². The van der Waals surface area contributed by atoms with Gasteiger partial charge in [0.2, 0.25) is 0 Å². The van der Waals surface area contributed by atoms with Gasteiger partial charge in [0.25, 0.3) is 0 Å². The zero-order valence-electron chi connectivity index (χ0n) is 13.7. The summed E-state index contributed by atoms with van der Waals surface area (Å²) in [6, 6.07) is 0. The third-order valence-corrected chi connectivity index (χ3v) is 6.55. The molecule has 0 N–H and O–H groups in total. The number of hydrogen-bond acceptors (Lipinski definition) is 0. The third kappa shape index (κ3) is 3.76. The molecule has 2 saturated carbocycles. The van der Waals surface area contributed by atoms with E-state index in [1.54, 1.807) is 12.8 Å². The molecule has 19 heavy (non-hydrogen) atoms. The van der Waals surface area contributed by atoms with Crippen molar-refractivity contribution in [1.82, 2.24) is 0 Å². The van der Waals surface area contributed by atoms with Crippen LogP contribution in [0.1, 0.15) is 91.4 Å². The van der Waals surface area contributed by atoms with E-state index in [4.69, 9.17) is 0 Å². The van der Waals surface area contributed by atoms with Crippen molar-refractivity contribution in [3.63, 3.8) is 0 Å². The highest BCUT2D eigenvalue weighted by molar-refractivity contribution is 4.88. The summed E-state index contributed by atoms with van der Waals surface area (Å²) in [5.74, 6) is 5.30. The fourth-order valence-corrected chi connectivity index (χ4v) is 5.25. The SMILES string of the molecule is CCC1CCC2C(CC)CCCCCC(CC)C2C1. The Kier molecular flexibility index (Phi) is 6.23. The lowest BCUT2D eigenvalue weighted by molar-refractivity contribution is 0.0661. The molecule has 0 aliphatic heterocycles. The standard InChI is InChI=1S/C19H36/c1-4-15-12-13-18-16(5-2)10-8-7-9-11-17(6-3)19(18)14-15/h15-19H,4-14H2,1-3H3. The van der Waals surface area contributed by atoms with E-state index in [9.17, 15) is 0 Å². The van der Waals surface area contributed by atoms with Gasteiger partial charge in [-0.1, -0.05) is 78.6 Å². The highest BCUT2D eigenvalue weighted by Gasteiger charge is 2.37. The largest absolute Gasteiger partial charge is 0.0651 e. The summed E-state index contributed by atoms with van der Waals surface area (Å²) in [5, 5.41) is 0. The summed E-state index contributed by atoms with van der Waals surface area (Å²) in [7, 11) is 0. The molecule has 2 fully saturated rings. The molecule has 0 nitrogen and oxygen atoms in total. The second-order valence-electron chi connectivity index (χ2n) is 7.39. The van der Waals surface area contributed by atoms with Crippen molar-refractivity contribution in [2.24, 2.45) is 29.6 Å². The van der Waals surface area contributed by atoms with E-state index in [2.05, 4.69) is 20.8 Å². The van der Waals surface area contributed by atoms with Crippen LogP contribution >= 0.6 is 0 Å². The number of hydrogen-bond donors (Lipinski definition) is 0. The molecule has 2 aliphatic carbocycles. The molecule has 0 bridgehead atoms. The Morgan fingerprint density at radius 3 is 1.84 bits per heavy atom. The lowest BCUT2D eigenvalue weighted by Crippen LogP contribution is -2.34. The summed E-state index contributed by atoms with van der Waals surface area (Å²) < 4.78 is 0. The topological polar surface area (TPSA) is 0 Å². The average molecular weight is 264 g/mol. The molecule has 0 heterocycles. The van der Waals surface area contributed by atoms with Gasteiger partial charge in [-0.05, 0) is 42.4 Å². The molecule has 0 aromatic heterocycles. The van der Waals surface area contributed by atoms with Gasteiger partial charge in [-0.2, -0.15) is 0 Å². The van der Waals surface area contributed by atoms with Gasteiger partial charge in [0.15, 0.2) is 0 Å². The Hall–Kier alpha value is 0. The quantitative estimate of drug-likeness (QED) is 0.550. The second kappa shape index (κ2) is 7.70. The minimum Gasteiger partial charge on any atom is -0.0651 e. The van der Waals surface area contributed by atoms with E-state index in [1.165, 1.54) is 57.8 Å². The van der Waals surface area contributed by atoms with Crippen molar-refractivity contribution in [2.75, 3.05) is 0 Å². The molecule has 112 valence electrons. The van der Waals surface area contributed by atoms with Crippen LogP contribution in [0.2, 0.25) is 0 Å². The minimum atomic E-state index is 1.05. The van der Waals surface area contributed by atoms with Crippen LogP contribution in [-0.2, 0) is 0 Å². The first-order chi connectivity index (χ1) is 9.30. The van der Waals surface area contributed by atoms with E-state index in [1.807, 2.05) is 0 Å². The fourth-order valence-electron chi connectivity index (χ4n) is 5.25. The average Bonchev–Trinajstić information content (AvgIpc) is 2.54. The Balaban J connectivity index is 2.14. The maximum atomic E-state index is 2.45. The molecule has 0 aromatic rings. The second-order valence-corrected chi connectivity index (χ2v) is 7.39. The molecule has 0 radical (unpaired) electrons. The molecule has 0 aromatic carbocycles. The van der Waals surface area contributed by atoms with Gasteiger partial charge in [0, 0.05) is 0 Å². The van der Waals surface area contributed by atoms with Crippen molar-refractivity contribution in [3.05, 3.63) is 0 Å². The van der Waals surface area contributed by atoms with Gasteiger partial charge in [0.1, 0.15) is 0 Å². The van der Waals surface area contributed by atoms with E-state index < -0.39 is 0 Å². The van der Waals surface area contributed by atoms with Gasteiger partial charge in [-0.25, -0.2) is 0 Å². The van der Waals surface area contributed by atoms with Crippen LogP contribution in [0.4, 0.5) is 0 Å². The van der Waals surface area contributed by atoms with Crippen molar-refractivity contribution in [3.8, 4) is 0 Å². The lowest BCUT2D eigenvalue weighted by Gasteiger charge is -2.43. The zero-order chi connectivity index (χ0) is 13.7. The molecule has 0 saturated heterocycles. The first kappa shape index (κ1) is 15.4. The van der Waals surface area contributed by atoms with Crippen molar-refractivity contribution < 1.29 is 0 Å². The van der Waals surface area contributed by atoms with Crippen LogP contribution < -0.4 is 0 Å². The van der Waals surface area contributed by atoms with Crippen molar-refractivity contribution >= 4 is 0 Å². The summed E-state index contributed by atoms with van der Waals surface area (Å²) in [6.07, 6.45) is 16.5. The minimum absolute atomic E-state index is 1.05. The van der Waals surface area contributed by atoms with Crippen LogP contribution in [-0.4, -0.2) is 0 Å². The van der Waals surface area contributed by atoms with Gasteiger partial charge in [-0.3, -0.25) is 0 Å². The molecule has 0 amide bonds. The van der Waals surface area contributed by atoms with Crippen LogP contribution in [0.3, 0.4) is 0 Å². The molecule has 5 unspecified atom stereocenters. The first-order valence-electron chi connectivity index (χ1n) is 9.30. The van der Waals surface area contributed by atoms with Gasteiger partial charge < -0.3 is 0 Å². The van der Waals surface area contributed by atoms with E-state index >= 15 is 0 Å². The zero-order valence-corrected chi connectivity index (χ0v) is 13.7. The summed E-state index contributed by atoms with van der Waals surface area (Å²) in [5.41, 5.74) is 0. The van der Waals surface area contributed by atoms with Gasteiger partial charge in [-0.15, -0.1) is 0 Å². The molecule has 0 heteroatoms. The Morgan fingerprint density at radius 2 is 1.26 bits per heavy atom. The summed E-state index contributed by atoms with van der Waals surface area (Å²) in [6.45, 7) is 7.32. The Labute approximate surface area is 121 Å². The monoisotopic (exact) mass is 264 g/mol. The molecule has 5 atom stereocenters.